The van der Waals surface area contributed by atoms with E-state index in [-0.39, 0.29) is 0 Å². The number of hydrogen-bond donors (Lipinski definition) is 1. The SMILES string of the molecule is OC(Cc1ccccc1)(c1ccc(Cl)cc1)c1ncnc2c1cnn2-c1ccccc1. The predicted octanol–water partition coefficient (Wildman–Crippen LogP) is 4.95. The first-order valence-corrected chi connectivity index (χ1v) is 10.3. The number of hydrogen-bond acceptors (Lipinski definition) is 4. The molecule has 2 aromatic heterocycles. The fourth-order valence-electron chi connectivity index (χ4n) is 3.87. The summed E-state index contributed by atoms with van der Waals surface area (Å²) in [7, 11) is 0. The number of para-hydroxylation sites is 1. The van der Waals surface area contributed by atoms with Crippen molar-refractivity contribution in [2.45, 2.75) is 12.0 Å². The number of halogens is 1. The van der Waals surface area contributed by atoms with Crippen LogP contribution in [0, 0.1) is 0 Å². The van der Waals surface area contributed by atoms with Crippen LogP contribution < -0.4 is 0 Å². The maximum Gasteiger partial charge on any atom is 0.166 e. The number of aliphatic hydroxyl groups is 1. The van der Waals surface area contributed by atoms with Crippen molar-refractivity contribution in [2.24, 2.45) is 0 Å². The summed E-state index contributed by atoms with van der Waals surface area (Å²) in [4.78, 5) is 9.00. The molecule has 0 aliphatic rings. The van der Waals surface area contributed by atoms with Gasteiger partial charge in [0, 0.05) is 11.4 Å². The van der Waals surface area contributed by atoms with E-state index < -0.39 is 5.60 Å². The highest BCUT2D eigenvalue weighted by Crippen LogP contribution is 2.36. The molecule has 0 aliphatic carbocycles. The van der Waals surface area contributed by atoms with E-state index in [1.165, 1.54) is 6.33 Å². The van der Waals surface area contributed by atoms with E-state index in [9.17, 15) is 5.11 Å². The summed E-state index contributed by atoms with van der Waals surface area (Å²) in [6.07, 6.45) is 3.53. The van der Waals surface area contributed by atoms with Crippen LogP contribution in [0.2, 0.25) is 5.02 Å². The monoisotopic (exact) mass is 426 g/mol. The number of aromatic nitrogens is 4. The lowest BCUT2D eigenvalue weighted by atomic mass is 9.83. The molecular weight excluding hydrogens is 408 g/mol. The van der Waals surface area contributed by atoms with Gasteiger partial charge in [-0.3, -0.25) is 0 Å². The maximum atomic E-state index is 12.1. The van der Waals surface area contributed by atoms with E-state index in [4.69, 9.17) is 11.6 Å². The molecule has 152 valence electrons. The molecule has 0 saturated heterocycles. The van der Waals surface area contributed by atoms with Crippen molar-refractivity contribution >= 4 is 22.6 Å². The van der Waals surface area contributed by atoms with Crippen LogP contribution in [0.5, 0.6) is 0 Å². The zero-order chi connectivity index (χ0) is 21.3. The topological polar surface area (TPSA) is 63.8 Å². The van der Waals surface area contributed by atoms with E-state index in [1.54, 1.807) is 23.0 Å². The van der Waals surface area contributed by atoms with Crippen LogP contribution in [0.4, 0.5) is 0 Å². The average molecular weight is 427 g/mol. The predicted molar refractivity (Wildman–Crippen MR) is 121 cm³/mol. The van der Waals surface area contributed by atoms with E-state index in [2.05, 4.69) is 15.1 Å². The van der Waals surface area contributed by atoms with Crippen LogP contribution in [0.15, 0.2) is 97.5 Å². The van der Waals surface area contributed by atoms with Gasteiger partial charge in [0.2, 0.25) is 0 Å². The molecule has 6 heteroatoms. The summed E-state index contributed by atoms with van der Waals surface area (Å²) in [6.45, 7) is 0. The van der Waals surface area contributed by atoms with Crippen LogP contribution in [0.1, 0.15) is 16.8 Å². The lowest BCUT2D eigenvalue weighted by Gasteiger charge is -2.29. The van der Waals surface area contributed by atoms with Gasteiger partial charge in [-0.2, -0.15) is 5.10 Å². The van der Waals surface area contributed by atoms with E-state index in [1.807, 2.05) is 72.8 Å². The number of rotatable bonds is 5. The molecule has 0 amide bonds. The summed E-state index contributed by atoms with van der Waals surface area (Å²) in [5.41, 5.74) is 2.33. The smallest absolute Gasteiger partial charge is 0.166 e. The second-order valence-corrected chi connectivity index (χ2v) is 7.82. The molecule has 31 heavy (non-hydrogen) atoms. The summed E-state index contributed by atoms with van der Waals surface area (Å²) in [6, 6.07) is 26.9. The largest absolute Gasteiger partial charge is 0.378 e. The first kappa shape index (κ1) is 19.4. The Labute approximate surface area is 184 Å². The second-order valence-electron chi connectivity index (χ2n) is 7.38. The molecule has 1 unspecified atom stereocenters. The highest BCUT2D eigenvalue weighted by molar-refractivity contribution is 6.30. The molecule has 5 aromatic rings. The van der Waals surface area contributed by atoms with E-state index >= 15 is 0 Å². The number of fused-ring (bicyclic) bond motifs is 1. The number of benzene rings is 3. The molecule has 3 aromatic carbocycles. The highest BCUT2D eigenvalue weighted by atomic mass is 35.5. The Hall–Kier alpha value is -3.54. The summed E-state index contributed by atoms with van der Waals surface area (Å²) in [5, 5.41) is 17.9. The van der Waals surface area contributed by atoms with Gasteiger partial charge in [0.15, 0.2) is 5.65 Å². The van der Waals surface area contributed by atoms with Crippen molar-refractivity contribution < 1.29 is 5.11 Å². The van der Waals surface area contributed by atoms with Gasteiger partial charge in [0.25, 0.3) is 0 Å². The molecule has 0 saturated carbocycles. The summed E-state index contributed by atoms with van der Waals surface area (Å²) < 4.78 is 1.76. The standard InChI is InChI=1S/C25H19ClN4O/c26-20-13-11-19(12-14-20)25(31,15-18-7-3-1-4-8-18)23-22-16-29-30(24(22)28-17-27-23)21-9-5-2-6-10-21/h1-14,16-17,31H,15H2. The van der Waals surface area contributed by atoms with Gasteiger partial charge in [-0.05, 0) is 35.4 Å². The van der Waals surface area contributed by atoms with Gasteiger partial charge >= 0.3 is 0 Å². The molecule has 0 aliphatic heterocycles. The molecule has 0 radical (unpaired) electrons. The third-order valence-electron chi connectivity index (χ3n) is 5.38. The Morgan fingerprint density at radius 3 is 2.23 bits per heavy atom. The van der Waals surface area contributed by atoms with Crippen LogP contribution in [-0.4, -0.2) is 24.9 Å². The molecule has 1 N–H and O–H groups in total. The molecule has 0 spiro atoms. The van der Waals surface area contributed by atoms with Crippen LogP contribution >= 0.6 is 11.6 Å². The maximum absolute atomic E-state index is 12.1. The van der Waals surface area contributed by atoms with Crippen LogP contribution in [0.25, 0.3) is 16.7 Å². The zero-order valence-corrected chi connectivity index (χ0v) is 17.3. The van der Waals surface area contributed by atoms with Crippen molar-refractivity contribution in [3.05, 3.63) is 119 Å². The Kier molecular flexibility index (Phi) is 4.98. The summed E-state index contributed by atoms with van der Waals surface area (Å²) >= 11 is 6.11. The average Bonchev–Trinajstić information content (AvgIpc) is 3.25. The molecule has 1 atom stereocenters. The van der Waals surface area contributed by atoms with Crippen LogP contribution in [0.3, 0.4) is 0 Å². The van der Waals surface area contributed by atoms with E-state index in [0.717, 1.165) is 11.3 Å². The Bertz CT molecular complexity index is 1320. The fourth-order valence-corrected chi connectivity index (χ4v) is 4.00. The lowest BCUT2D eigenvalue weighted by molar-refractivity contribution is 0.0781. The molecule has 0 fully saturated rings. The minimum atomic E-state index is -1.39. The molecule has 5 rings (SSSR count). The Morgan fingerprint density at radius 2 is 1.52 bits per heavy atom. The van der Waals surface area contributed by atoms with Gasteiger partial charge in [0.05, 0.1) is 23.0 Å². The van der Waals surface area contributed by atoms with Crippen molar-refractivity contribution in [1.82, 2.24) is 19.7 Å². The third kappa shape index (κ3) is 3.58. The highest BCUT2D eigenvalue weighted by Gasteiger charge is 2.36. The lowest BCUT2D eigenvalue weighted by Crippen LogP contribution is -2.31. The van der Waals surface area contributed by atoms with E-state index in [0.29, 0.717) is 33.7 Å². The van der Waals surface area contributed by atoms with Gasteiger partial charge < -0.3 is 5.11 Å². The van der Waals surface area contributed by atoms with Gasteiger partial charge in [-0.1, -0.05) is 72.3 Å². The van der Waals surface area contributed by atoms with Crippen molar-refractivity contribution in [1.29, 1.82) is 0 Å². The van der Waals surface area contributed by atoms with Crippen molar-refractivity contribution in [2.75, 3.05) is 0 Å². The normalized spacial score (nSPS) is 13.2. The molecule has 2 heterocycles. The Balaban J connectivity index is 1.71. The number of nitrogens with zero attached hydrogens (tertiary/aromatic N) is 4. The zero-order valence-electron chi connectivity index (χ0n) is 16.6. The quantitative estimate of drug-likeness (QED) is 0.432. The second kappa shape index (κ2) is 7.95. The first-order valence-electron chi connectivity index (χ1n) is 9.92. The van der Waals surface area contributed by atoms with Crippen LogP contribution in [-0.2, 0) is 12.0 Å². The minimum absolute atomic E-state index is 0.345. The first-order chi connectivity index (χ1) is 15.1. The third-order valence-corrected chi connectivity index (χ3v) is 5.63. The molecule has 5 nitrogen and oxygen atoms in total. The van der Waals surface area contributed by atoms with Gasteiger partial charge in [-0.25, -0.2) is 14.6 Å². The molecular formula is C25H19ClN4O. The molecule has 0 bridgehead atoms. The van der Waals surface area contributed by atoms with Crippen molar-refractivity contribution in [3.8, 4) is 5.69 Å². The van der Waals surface area contributed by atoms with Gasteiger partial charge in [-0.15, -0.1) is 0 Å². The minimum Gasteiger partial charge on any atom is -0.378 e. The Morgan fingerprint density at radius 1 is 0.839 bits per heavy atom. The van der Waals surface area contributed by atoms with Crippen molar-refractivity contribution in [3.63, 3.8) is 0 Å². The summed E-state index contributed by atoms with van der Waals surface area (Å²) in [5.74, 6) is 0. The van der Waals surface area contributed by atoms with Gasteiger partial charge in [0.1, 0.15) is 11.9 Å². The fraction of sp³-hybridized carbons (Fsp3) is 0.0800.